The van der Waals surface area contributed by atoms with E-state index in [0.29, 0.717) is 13.0 Å². The number of guanidine groups is 1. The Bertz CT molecular complexity index is 1090. The summed E-state index contributed by atoms with van der Waals surface area (Å²) in [7, 11) is -3.43. The monoisotopic (exact) mass is 461 g/mol. The van der Waals surface area contributed by atoms with E-state index in [1.54, 1.807) is 18.2 Å². The predicted octanol–water partition coefficient (Wildman–Crippen LogP) is 2.13. The summed E-state index contributed by atoms with van der Waals surface area (Å²) in [5.41, 5.74) is 7.42. The SMILES string of the molecule is CC(C)CN=C(NC(=O)c1cccc(S(C)(=O)=O)c1)NC1CC(c2ccc(F)cc2)NN1. The molecule has 1 saturated heterocycles. The minimum absolute atomic E-state index is 0.0402. The number of carbonyl (C=O) groups excluding carboxylic acids is 1. The lowest BCUT2D eigenvalue weighted by Crippen LogP contribution is -2.50. The maximum absolute atomic E-state index is 13.2. The number of nitrogens with zero attached hydrogens (tertiary/aromatic N) is 1. The van der Waals surface area contributed by atoms with Gasteiger partial charge >= 0.3 is 0 Å². The van der Waals surface area contributed by atoms with Gasteiger partial charge in [-0.15, -0.1) is 0 Å². The number of halogens is 1. The third kappa shape index (κ3) is 6.59. The molecule has 3 rings (SSSR count). The molecule has 1 aliphatic heterocycles. The first kappa shape index (κ1) is 23.8. The van der Waals surface area contributed by atoms with Crippen molar-refractivity contribution in [3.63, 3.8) is 0 Å². The highest BCUT2D eigenvalue weighted by Crippen LogP contribution is 2.21. The van der Waals surface area contributed by atoms with E-state index in [-0.39, 0.29) is 40.4 Å². The van der Waals surface area contributed by atoms with Gasteiger partial charge in [0.2, 0.25) is 0 Å². The number of nitrogens with one attached hydrogen (secondary N) is 4. The topological polar surface area (TPSA) is 112 Å². The number of sulfone groups is 1. The van der Waals surface area contributed by atoms with Gasteiger partial charge in [0, 0.05) is 30.8 Å². The fourth-order valence-corrected chi connectivity index (χ4v) is 3.84. The molecule has 8 nitrogen and oxygen atoms in total. The third-order valence-corrected chi connectivity index (χ3v) is 5.97. The number of benzene rings is 2. The zero-order chi connectivity index (χ0) is 23.3. The van der Waals surface area contributed by atoms with Crippen LogP contribution >= 0.6 is 0 Å². The fourth-order valence-electron chi connectivity index (χ4n) is 3.17. The summed E-state index contributed by atoms with van der Waals surface area (Å²) in [5.74, 6) is -0.196. The molecule has 0 aliphatic carbocycles. The highest BCUT2D eigenvalue weighted by Gasteiger charge is 2.26. The molecule has 4 N–H and O–H groups in total. The first-order valence-corrected chi connectivity index (χ1v) is 12.2. The Morgan fingerprint density at radius 3 is 2.56 bits per heavy atom. The molecule has 1 aliphatic rings. The van der Waals surface area contributed by atoms with Gasteiger partial charge in [-0.05, 0) is 41.8 Å². The first-order valence-electron chi connectivity index (χ1n) is 10.3. The molecule has 172 valence electrons. The molecule has 32 heavy (non-hydrogen) atoms. The van der Waals surface area contributed by atoms with E-state index < -0.39 is 15.7 Å². The molecule has 0 radical (unpaired) electrons. The summed E-state index contributed by atoms with van der Waals surface area (Å²) in [6, 6.07) is 12.1. The Morgan fingerprint density at radius 2 is 1.91 bits per heavy atom. The highest BCUT2D eigenvalue weighted by atomic mass is 32.2. The van der Waals surface area contributed by atoms with Crippen molar-refractivity contribution < 1.29 is 17.6 Å². The van der Waals surface area contributed by atoms with Crippen molar-refractivity contribution in [3.05, 3.63) is 65.5 Å². The summed E-state index contributed by atoms with van der Waals surface area (Å²) >= 11 is 0. The van der Waals surface area contributed by atoms with Crippen LogP contribution in [0, 0.1) is 11.7 Å². The van der Waals surface area contributed by atoms with Crippen LogP contribution in [0.15, 0.2) is 58.4 Å². The van der Waals surface area contributed by atoms with Gasteiger partial charge in [-0.1, -0.05) is 32.0 Å². The van der Waals surface area contributed by atoms with E-state index in [2.05, 4.69) is 26.5 Å². The molecule has 0 bridgehead atoms. The number of hydrogen-bond acceptors (Lipinski definition) is 6. The van der Waals surface area contributed by atoms with Gasteiger partial charge in [-0.3, -0.25) is 15.1 Å². The van der Waals surface area contributed by atoms with E-state index in [1.165, 1.54) is 30.3 Å². The summed E-state index contributed by atoms with van der Waals surface area (Å²) < 4.78 is 36.8. The largest absolute Gasteiger partial charge is 0.339 e. The van der Waals surface area contributed by atoms with E-state index >= 15 is 0 Å². The molecular formula is C22H28FN5O3S. The second kappa shape index (κ2) is 10.2. The van der Waals surface area contributed by atoms with Crippen molar-refractivity contribution in [1.29, 1.82) is 0 Å². The van der Waals surface area contributed by atoms with Gasteiger partial charge in [0.15, 0.2) is 15.8 Å². The molecule has 2 aromatic carbocycles. The molecule has 1 heterocycles. The van der Waals surface area contributed by atoms with E-state index in [9.17, 15) is 17.6 Å². The van der Waals surface area contributed by atoms with E-state index in [4.69, 9.17) is 0 Å². The van der Waals surface area contributed by atoms with E-state index in [0.717, 1.165) is 11.8 Å². The number of carbonyl (C=O) groups is 1. The second-order valence-corrected chi connectivity index (χ2v) is 10.2. The van der Waals surface area contributed by atoms with Crippen LogP contribution in [0.3, 0.4) is 0 Å². The summed E-state index contributed by atoms with van der Waals surface area (Å²) in [6.07, 6.45) is 1.49. The maximum Gasteiger partial charge on any atom is 0.257 e. The Hall–Kier alpha value is -2.82. The Morgan fingerprint density at radius 1 is 1.19 bits per heavy atom. The maximum atomic E-state index is 13.2. The lowest BCUT2D eigenvalue weighted by molar-refractivity contribution is 0.0975. The quantitative estimate of drug-likeness (QED) is 0.387. The minimum Gasteiger partial charge on any atom is -0.339 e. The van der Waals surface area contributed by atoms with Gasteiger partial charge < -0.3 is 5.32 Å². The average Bonchev–Trinajstić information content (AvgIpc) is 3.20. The van der Waals surface area contributed by atoms with Crippen molar-refractivity contribution in [3.8, 4) is 0 Å². The summed E-state index contributed by atoms with van der Waals surface area (Å²) in [4.78, 5) is 17.3. The second-order valence-electron chi connectivity index (χ2n) is 8.16. The van der Waals surface area contributed by atoms with Crippen LogP contribution in [-0.4, -0.2) is 39.3 Å². The van der Waals surface area contributed by atoms with Crippen molar-refractivity contribution in [2.75, 3.05) is 12.8 Å². The molecule has 0 saturated carbocycles. The van der Waals surface area contributed by atoms with Crippen LogP contribution < -0.4 is 21.5 Å². The van der Waals surface area contributed by atoms with Crippen molar-refractivity contribution in [2.45, 2.75) is 37.4 Å². The fraction of sp³-hybridized carbons (Fsp3) is 0.364. The minimum atomic E-state index is -3.43. The summed E-state index contributed by atoms with van der Waals surface area (Å²) in [5, 5.41) is 5.92. The highest BCUT2D eigenvalue weighted by molar-refractivity contribution is 7.90. The average molecular weight is 462 g/mol. The molecule has 0 spiro atoms. The number of rotatable bonds is 6. The van der Waals surface area contributed by atoms with Gasteiger partial charge in [0.25, 0.3) is 5.91 Å². The molecule has 1 fully saturated rings. The van der Waals surface area contributed by atoms with Crippen LogP contribution in [0.1, 0.15) is 42.2 Å². The third-order valence-electron chi connectivity index (χ3n) is 4.86. The lowest BCUT2D eigenvalue weighted by atomic mass is 10.0. The lowest BCUT2D eigenvalue weighted by Gasteiger charge is -2.17. The van der Waals surface area contributed by atoms with Gasteiger partial charge in [0.1, 0.15) is 5.82 Å². The molecule has 2 unspecified atom stereocenters. The zero-order valence-electron chi connectivity index (χ0n) is 18.2. The van der Waals surface area contributed by atoms with Gasteiger partial charge in [-0.2, -0.15) is 0 Å². The van der Waals surface area contributed by atoms with Crippen LogP contribution in [0.25, 0.3) is 0 Å². The van der Waals surface area contributed by atoms with Gasteiger partial charge in [-0.25, -0.2) is 23.7 Å². The van der Waals surface area contributed by atoms with E-state index in [1.807, 2.05) is 13.8 Å². The predicted molar refractivity (Wildman–Crippen MR) is 121 cm³/mol. The molecule has 2 atom stereocenters. The van der Waals surface area contributed by atoms with Crippen molar-refractivity contribution >= 4 is 21.7 Å². The smallest absolute Gasteiger partial charge is 0.257 e. The number of hydrogen-bond donors (Lipinski definition) is 4. The van der Waals surface area contributed by atoms with Crippen molar-refractivity contribution in [1.82, 2.24) is 21.5 Å². The Labute approximate surface area is 187 Å². The normalized spacial score (nSPS) is 19.2. The molecular weight excluding hydrogens is 433 g/mol. The van der Waals surface area contributed by atoms with Crippen LogP contribution in [0.5, 0.6) is 0 Å². The standard InChI is InChI=1S/C22H28FN5O3S/c1-14(2)13-24-22(26-21(29)16-5-4-6-18(11-16)32(3,30)31)25-20-12-19(27-28-20)15-7-9-17(23)10-8-15/h4-11,14,19-20,27-28H,12-13H2,1-3H3,(H2,24,25,26,29). The molecule has 2 aromatic rings. The zero-order valence-corrected chi connectivity index (χ0v) is 19.0. The van der Waals surface area contributed by atoms with Crippen LogP contribution in [0.4, 0.5) is 4.39 Å². The van der Waals surface area contributed by atoms with Crippen LogP contribution in [0.2, 0.25) is 0 Å². The van der Waals surface area contributed by atoms with Crippen molar-refractivity contribution in [2.24, 2.45) is 10.9 Å². The number of amides is 1. The first-order chi connectivity index (χ1) is 15.1. The number of hydrazine groups is 1. The van der Waals surface area contributed by atoms with Gasteiger partial charge in [0.05, 0.1) is 11.1 Å². The Balaban J connectivity index is 1.70. The molecule has 0 aromatic heterocycles. The Kier molecular flexibility index (Phi) is 7.60. The summed E-state index contributed by atoms with van der Waals surface area (Å²) in [6.45, 7) is 4.52. The number of aliphatic imine (C=N–C) groups is 1. The molecule has 10 heteroatoms. The van der Waals surface area contributed by atoms with Crippen LogP contribution in [-0.2, 0) is 9.84 Å². The molecule has 1 amide bonds.